The fourth-order valence-corrected chi connectivity index (χ4v) is 6.35. The van der Waals surface area contributed by atoms with Gasteiger partial charge in [-0.3, -0.25) is 4.79 Å². The van der Waals surface area contributed by atoms with Gasteiger partial charge in [0, 0.05) is 40.0 Å². The lowest BCUT2D eigenvalue weighted by Crippen LogP contribution is -2.18. The molecule has 0 spiro atoms. The van der Waals surface area contributed by atoms with Crippen LogP contribution in [0.15, 0.2) is 106 Å². The molecular formula is C45H46N2O6. The average Bonchev–Trinajstić information content (AvgIpc) is 3.15. The minimum atomic E-state index is -0.468. The van der Waals surface area contributed by atoms with Gasteiger partial charge in [-0.25, -0.2) is 9.79 Å². The summed E-state index contributed by atoms with van der Waals surface area (Å²) in [6.07, 6.45) is 0.719. The van der Waals surface area contributed by atoms with Crippen molar-refractivity contribution < 1.29 is 28.2 Å². The van der Waals surface area contributed by atoms with Crippen molar-refractivity contribution in [2.75, 3.05) is 31.7 Å². The molecule has 8 heteroatoms. The zero-order valence-corrected chi connectivity index (χ0v) is 31.2. The molecule has 4 aromatic rings. The van der Waals surface area contributed by atoms with Gasteiger partial charge in [-0.1, -0.05) is 68.4 Å². The van der Waals surface area contributed by atoms with Gasteiger partial charge in [0.15, 0.2) is 0 Å². The quantitative estimate of drug-likeness (QED) is 0.0724. The number of ether oxygens (including phenoxy) is 3. The maximum absolute atomic E-state index is 13.6. The van der Waals surface area contributed by atoms with Crippen LogP contribution in [-0.4, -0.2) is 38.4 Å². The molecule has 0 saturated heterocycles. The van der Waals surface area contributed by atoms with Crippen LogP contribution in [0.3, 0.4) is 0 Å². The zero-order valence-electron chi connectivity index (χ0n) is 31.2. The number of rotatable bonds is 13. The number of hydrogen-bond acceptors (Lipinski definition) is 8. The Kier molecular flexibility index (Phi) is 11.7. The van der Waals surface area contributed by atoms with E-state index in [2.05, 4.69) is 63.3 Å². The molecule has 1 aliphatic heterocycles. The van der Waals surface area contributed by atoms with E-state index in [4.69, 9.17) is 23.6 Å². The van der Waals surface area contributed by atoms with Crippen molar-refractivity contribution in [2.24, 2.45) is 10.9 Å². The number of carbonyl (C=O) groups excluding carboxylic acids is 2. The number of hydrogen-bond donors (Lipinski definition) is 1. The first-order valence-electron chi connectivity index (χ1n) is 18.1. The number of nitrogens with zero attached hydrogens (tertiary/aromatic N) is 1. The van der Waals surface area contributed by atoms with Gasteiger partial charge in [0.1, 0.15) is 24.6 Å². The number of nitrogens with one attached hydrogen (secondary N) is 1. The standard InChI is InChI=1S/C45H46N2O6/c1-7-28(2)44(48)51-24-22-50-23-25-52-45(49)36-17-9-8-16-35(36)41-37-20-18-33(46-42-29(3)12-10-13-30(42)4)26-39(37)53-40-27-34(19-21-38(40)41)47-43-31(5)14-11-15-32(43)6/h8-21,26-28,46H,7,22-25H2,1-6H3. The number of para-hydroxylation sites is 2. The maximum Gasteiger partial charge on any atom is 0.338 e. The molecule has 0 bridgehead atoms. The summed E-state index contributed by atoms with van der Waals surface area (Å²) in [4.78, 5) is 30.5. The van der Waals surface area contributed by atoms with Crippen LogP contribution in [0.1, 0.15) is 52.9 Å². The van der Waals surface area contributed by atoms with Crippen LogP contribution in [0, 0.1) is 33.6 Å². The Morgan fingerprint density at radius 3 is 2.13 bits per heavy atom. The molecule has 1 unspecified atom stereocenters. The molecule has 2 aliphatic rings. The Labute approximate surface area is 310 Å². The molecule has 0 fully saturated rings. The predicted octanol–water partition coefficient (Wildman–Crippen LogP) is 10.2. The van der Waals surface area contributed by atoms with Crippen LogP contribution in [0.4, 0.5) is 17.1 Å². The third-order valence-electron chi connectivity index (χ3n) is 9.50. The highest BCUT2D eigenvalue weighted by Gasteiger charge is 2.23. The van der Waals surface area contributed by atoms with Crippen LogP contribution in [-0.2, 0) is 19.0 Å². The van der Waals surface area contributed by atoms with Gasteiger partial charge in [-0.2, -0.15) is 0 Å². The summed E-state index contributed by atoms with van der Waals surface area (Å²) in [7, 11) is 0. The minimum Gasteiger partial charge on any atom is -0.463 e. The van der Waals surface area contributed by atoms with Crippen molar-refractivity contribution in [3.8, 4) is 22.5 Å². The monoisotopic (exact) mass is 710 g/mol. The molecule has 0 aromatic heterocycles. The molecule has 1 heterocycles. The van der Waals surface area contributed by atoms with Crippen molar-refractivity contribution in [3.63, 3.8) is 0 Å². The van der Waals surface area contributed by atoms with E-state index in [1.807, 2.05) is 74.5 Å². The first-order chi connectivity index (χ1) is 25.6. The predicted molar refractivity (Wildman–Crippen MR) is 210 cm³/mol. The summed E-state index contributed by atoms with van der Waals surface area (Å²) >= 11 is 0. The van der Waals surface area contributed by atoms with Gasteiger partial charge in [0.05, 0.1) is 35.7 Å². The lowest BCUT2D eigenvalue weighted by Gasteiger charge is -2.19. The zero-order chi connectivity index (χ0) is 37.5. The topological polar surface area (TPSA) is 99.4 Å². The lowest BCUT2D eigenvalue weighted by atomic mass is 9.90. The van der Waals surface area contributed by atoms with E-state index >= 15 is 0 Å². The van der Waals surface area contributed by atoms with Crippen molar-refractivity contribution in [3.05, 3.63) is 130 Å². The van der Waals surface area contributed by atoms with E-state index in [1.165, 1.54) is 0 Å². The van der Waals surface area contributed by atoms with Crippen molar-refractivity contribution in [1.82, 2.24) is 0 Å². The number of carbonyl (C=O) groups is 2. The van der Waals surface area contributed by atoms with Crippen LogP contribution in [0.25, 0.3) is 33.4 Å². The summed E-state index contributed by atoms with van der Waals surface area (Å²) < 4.78 is 23.2. The molecule has 1 aliphatic carbocycles. The fourth-order valence-electron chi connectivity index (χ4n) is 6.35. The molecule has 6 rings (SSSR count). The Morgan fingerprint density at radius 2 is 1.42 bits per heavy atom. The molecule has 4 aromatic carbocycles. The number of fused-ring (bicyclic) bond motifs is 2. The van der Waals surface area contributed by atoms with Crippen LogP contribution < -0.4 is 10.7 Å². The molecule has 0 radical (unpaired) electrons. The third-order valence-corrected chi connectivity index (χ3v) is 9.50. The summed E-state index contributed by atoms with van der Waals surface area (Å²) in [6, 6.07) is 31.8. The highest BCUT2D eigenvalue weighted by atomic mass is 16.6. The fraction of sp³-hybridized carbons (Fsp3) is 0.267. The summed E-state index contributed by atoms with van der Waals surface area (Å²) in [5.41, 5.74) is 10.8. The van der Waals surface area contributed by atoms with Gasteiger partial charge in [-0.15, -0.1) is 0 Å². The smallest absolute Gasteiger partial charge is 0.338 e. The summed E-state index contributed by atoms with van der Waals surface area (Å²) in [5.74, 6) is -0.224. The van der Waals surface area contributed by atoms with Crippen LogP contribution in [0.5, 0.6) is 0 Å². The third kappa shape index (κ3) is 8.50. The SMILES string of the molecule is CCC(C)C(=O)OCCOCCOC(=O)c1ccccc1-c1c2ccc(=Nc3c(C)cccc3C)cc-2oc2cc(Nc3c(C)cccc3C)ccc12. The normalized spacial score (nSPS) is 12.2. The van der Waals surface area contributed by atoms with Gasteiger partial charge in [0.25, 0.3) is 0 Å². The van der Waals surface area contributed by atoms with Gasteiger partial charge in [-0.05, 0) is 92.3 Å². The molecule has 1 atom stereocenters. The van der Waals surface area contributed by atoms with Crippen LogP contribution >= 0.6 is 0 Å². The first-order valence-corrected chi connectivity index (χ1v) is 18.1. The van der Waals surface area contributed by atoms with E-state index in [9.17, 15) is 9.59 Å². The number of aryl methyl sites for hydroxylation is 4. The Hall–Kier alpha value is -5.73. The van der Waals surface area contributed by atoms with E-state index in [0.29, 0.717) is 16.9 Å². The highest BCUT2D eigenvalue weighted by molar-refractivity contribution is 6.08. The molecular weight excluding hydrogens is 665 g/mol. The van der Waals surface area contributed by atoms with Crippen molar-refractivity contribution >= 4 is 40.0 Å². The van der Waals surface area contributed by atoms with Crippen LogP contribution in [0.2, 0.25) is 0 Å². The van der Waals surface area contributed by atoms with Gasteiger partial charge < -0.3 is 23.9 Å². The molecule has 53 heavy (non-hydrogen) atoms. The Balaban J connectivity index is 1.36. The van der Waals surface area contributed by atoms with Gasteiger partial charge in [0.2, 0.25) is 0 Å². The van der Waals surface area contributed by atoms with E-state index in [-0.39, 0.29) is 38.3 Å². The first kappa shape index (κ1) is 37.0. The Bertz CT molecular complexity index is 2270. The largest absolute Gasteiger partial charge is 0.463 e. The van der Waals surface area contributed by atoms with Crippen molar-refractivity contribution in [2.45, 2.75) is 48.0 Å². The van der Waals surface area contributed by atoms with Crippen molar-refractivity contribution in [1.29, 1.82) is 0 Å². The van der Waals surface area contributed by atoms with E-state index in [1.54, 1.807) is 6.07 Å². The molecule has 1 N–H and O–H groups in total. The second-order valence-corrected chi connectivity index (χ2v) is 13.4. The summed E-state index contributed by atoms with van der Waals surface area (Å²) in [6.45, 7) is 12.7. The molecule has 0 saturated carbocycles. The second-order valence-electron chi connectivity index (χ2n) is 13.4. The molecule has 0 amide bonds. The number of esters is 2. The summed E-state index contributed by atoms with van der Waals surface area (Å²) in [5, 5.41) is 5.20. The number of benzene rings is 5. The molecule has 272 valence electrons. The second kappa shape index (κ2) is 16.7. The lowest BCUT2D eigenvalue weighted by molar-refractivity contribution is -0.149. The van der Waals surface area contributed by atoms with E-state index < -0.39 is 5.97 Å². The highest BCUT2D eigenvalue weighted by Crippen LogP contribution is 2.42. The number of anilines is 2. The maximum atomic E-state index is 13.6. The van der Waals surface area contributed by atoms with E-state index in [0.717, 1.165) is 73.2 Å². The van der Waals surface area contributed by atoms with Gasteiger partial charge >= 0.3 is 11.9 Å². The average molecular weight is 711 g/mol. The minimum absolute atomic E-state index is 0.0502. The Morgan fingerprint density at radius 1 is 0.736 bits per heavy atom. The molecule has 8 nitrogen and oxygen atoms in total.